The van der Waals surface area contributed by atoms with E-state index in [1.807, 2.05) is 30.3 Å². The van der Waals surface area contributed by atoms with Crippen LogP contribution in [0.2, 0.25) is 0 Å². The Kier molecular flexibility index (Phi) is 7.59. The summed E-state index contributed by atoms with van der Waals surface area (Å²) in [6, 6.07) is 12.5. The van der Waals surface area contributed by atoms with Crippen LogP contribution in [0.15, 0.2) is 58.3 Å². The Bertz CT molecular complexity index is 981. The van der Waals surface area contributed by atoms with E-state index in [9.17, 15) is 23.3 Å². The first-order valence-corrected chi connectivity index (χ1v) is 11.1. The first kappa shape index (κ1) is 22.7. The minimum Gasteiger partial charge on any atom is -0.375 e. The number of carbonyl (C=O) groups is 1. The lowest BCUT2D eigenvalue weighted by molar-refractivity contribution is -0.384. The maximum atomic E-state index is 12.2. The summed E-state index contributed by atoms with van der Waals surface area (Å²) in [7, 11) is -0.814. The minimum absolute atomic E-state index is 0.112. The van der Waals surface area contributed by atoms with E-state index in [1.165, 1.54) is 28.8 Å². The van der Waals surface area contributed by atoms with Crippen LogP contribution in [0.3, 0.4) is 0 Å². The van der Waals surface area contributed by atoms with Gasteiger partial charge in [-0.3, -0.25) is 14.9 Å². The summed E-state index contributed by atoms with van der Waals surface area (Å²) in [5.41, 5.74) is -0.309. The van der Waals surface area contributed by atoms with Gasteiger partial charge in [0.05, 0.1) is 9.82 Å². The lowest BCUT2D eigenvalue weighted by Crippen LogP contribution is -2.32. The number of benzene rings is 2. The van der Waals surface area contributed by atoms with Crippen LogP contribution < -0.4 is 10.5 Å². The molecule has 0 radical (unpaired) electrons. The van der Waals surface area contributed by atoms with E-state index in [-0.39, 0.29) is 22.9 Å². The van der Waals surface area contributed by atoms with Gasteiger partial charge in [0.2, 0.25) is 15.9 Å². The van der Waals surface area contributed by atoms with E-state index >= 15 is 0 Å². The van der Waals surface area contributed by atoms with E-state index in [1.54, 1.807) is 14.1 Å². The molecule has 3 N–H and O–H groups in total. The number of thioether (sulfide) groups is 1. The van der Waals surface area contributed by atoms with Crippen molar-refractivity contribution in [2.75, 3.05) is 25.2 Å². The molecule has 0 unspecified atom stereocenters. The fraction of sp³-hybridized carbons (Fsp3) is 0.278. The molecule has 0 aromatic heterocycles. The zero-order valence-electron chi connectivity index (χ0n) is 15.9. The molecule has 0 spiro atoms. The second-order valence-corrected chi connectivity index (χ2v) is 9.09. The summed E-state index contributed by atoms with van der Waals surface area (Å²) in [6.07, 6.45) is 0.112. The smallest absolute Gasteiger partial charge is 0.293 e. The van der Waals surface area contributed by atoms with Gasteiger partial charge in [-0.2, -0.15) is 0 Å². The highest BCUT2D eigenvalue weighted by atomic mass is 32.2. The van der Waals surface area contributed by atoms with Crippen molar-refractivity contribution < 1.29 is 18.1 Å². The van der Waals surface area contributed by atoms with Gasteiger partial charge in [0, 0.05) is 43.3 Å². The zero-order valence-corrected chi connectivity index (χ0v) is 17.6. The van der Waals surface area contributed by atoms with Crippen LogP contribution in [-0.4, -0.2) is 50.0 Å². The van der Waals surface area contributed by atoms with Crippen LogP contribution in [0.25, 0.3) is 0 Å². The van der Waals surface area contributed by atoms with E-state index < -0.39 is 26.7 Å². The van der Waals surface area contributed by atoms with Crippen molar-refractivity contribution >= 4 is 39.1 Å². The van der Waals surface area contributed by atoms with Crippen molar-refractivity contribution in [3.63, 3.8) is 0 Å². The summed E-state index contributed by atoms with van der Waals surface area (Å²) < 4.78 is 23.0. The molecule has 0 saturated carbocycles. The van der Waals surface area contributed by atoms with Crippen molar-refractivity contribution in [2.45, 2.75) is 22.3 Å². The highest BCUT2D eigenvalue weighted by molar-refractivity contribution is 7.99. The second kappa shape index (κ2) is 9.72. The van der Waals surface area contributed by atoms with Gasteiger partial charge in [0.25, 0.3) is 5.69 Å². The number of rotatable bonds is 9. The van der Waals surface area contributed by atoms with E-state index in [0.717, 1.165) is 11.0 Å². The Balaban J connectivity index is 2.28. The largest absolute Gasteiger partial charge is 0.375 e. The number of carbonyl (C=O) groups excluding carboxylic acids is 1. The Labute approximate surface area is 173 Å². The van der Waals surface area contributed by atoms with Gasteiger partial charge in [0.1, 0.15) is 5.69 Å². The highest BCUT2D eigenvalue weighted by Gasteiger charge is 2.23. The van der Waals surface area contributed by atoms with Crippen LogP contribution in [0, 0.1) is 10.1 Å². The number of nitrogens with two attached hydrogens (primary N) is 1. The van der Waals surface area contributed by atoms with Gasteiger partial charge in [-0.1, -0.05) is 18.2 Å². The fourth-order valence-electron chi connectivity index (χ4n) is 2.44. The van der Waals surface area contributed by atoms with E-state index in [2.05, 4.69) is 5.32 Å². The van der Waals surface area contributed by atoms with Crippen molar-refractivity contribution in [3.8, 4) is 0 Å². The summed E-state index contributed by atoms with van der Waals surface area (Å²) in [5.74, 6) is 0.331. The van der Waals surface area contributed by atoms with Crippen LogP contribution in [0.1, 0.15) is 6.42 Å². The maximum Gasteiger partial charge on any atom is 0.293 e. The molecule has 0 heterocycles. The van der Waals surface area contributed by atoms with Crippen LogP contribution in [-0.2, 0) is 14.8 Å². The standard InChI is InChI=1S/C18H22N4O5S2/c1-21(2)18(23)10-13(12-28-14-6-4-3-5-7-14)20-16-9-8-15(29(19,26)27)11-17(16)22(24)25/h3-9,11,13,20H,10,12H2,1-2H3,(H2,19,26,27)/t13-/m0/s1. The fourth-order valence-corrected chi connectivity index (χ4v) is 3.92. The number of anilines is 1. The molecule has 1 amide bonds. The van der Waals surface area contributed by atoms with Crippen molar-refractivity contribution in [2.24, 2.45) is 5.14 Å². The van der Waals surface area contributed by atoms with Crippen molar-refractivity contribution in [3.05, 3.63) is 58.6 Å². The van der Waals surface area contributed by atoms with E-state index in [4.69, 9.17) is 5.14 Å². The monoisotopic (exact) mass is 438 g/mol. The minimum atomic E-state index is -4.08. The molecule has 29 heavy (non-hydrogen) atoms. The number of nitro groups is 1. The van der Waals surface area contributed by atoms with Gasteiger partial charge >= 0.3 is 0 Å². The number of nitrogens with one attached hydrogen (secondary N) is 1. The Morgan fingerprint density at radius 1 is 1.24 bits per heavy atom. The molecule has 0 saturated heterocycles. The number of sulfonamides is 1. The third-order valence-corrected chi connectivity index (χ3v) is 6.05. The van der Waals surface area contributed by atoms with Gasteiger partial charge in [-0.05, 0) is 24.3 Å². The lowest BCUT2D eigenvalue weighted by atomic mass is 10.2. The Hall–Kier alpha value is -2.63. The average Bonchev–Trinajstić information content (AvgIpc) is 2.66. The number of nitro benzene ring substituents is 1. The quantitative estimate of drug-likeness (QED) is 0.348. The van der Waals surface area contributed by atoms with Crippen molar-refractivity contribution in [1.82, 2.24) is 4.90 Å². The summed E-state index contributed by atoms with van der Waals surface area (Å²) in [4.78, 5) is 25.0. The maximum absolute atomic E-state index is 12.2. The second-order valence-electron chi connectivity index (χ2n) is 6.44. The molecule has 11 heteroatoms. The van der Waals surface area contributed by atoms with Crippen molar-refractivity contribution in [1.29, 1.82) is 0 Å². The molecule has 2 aromatic rings. The summed E-state index contributed by atoms with van der Waals surface area (Å²) in [6.45, 7) is 0. The highest BCUT2D eigenvalue weighted by Crippen LogP contribution is 2.29. The lowest BCUT2D eigenvalue weighted by Gasteiger charge is -2.21. The molecule has 0 aliphatic rings. The summed E-state index contributed by atoms with van der Waals surface area (Å²) >= 11 is 1.50. The summed E-state index contributed by atoms with van der Waals surface area (Å²) in [5, 5.41) is 19.5. The predicted molar refractivity (Wildman–Crippen MR) is 112 cm³/mol. The molecule has 0 aliphatic carbocycles. The van der Waals surface area contributed by atoms with E-state index in [0.29, 0.717) is 5.75 Å². The van der Waals surface area contributed by atoms with Gasteiger partial charge < -0.3 is 10.2 Å². The van der Waals surface area contributed by atoms with Crippen LogP contribution in [0.4, 0.5) is 11.4 Å². The molecule has 1 atom stereocenters. The molecule has 0 aliphatic heterocycles. The van der Waals surface area contributed by atoms with Gasteiger partial charge in [0.15, 0.2) is 0 Å². The third-order valence-electron chi connectivity index (χ3n) is 3.97. The number of hydrogen-bond donors (Lipinski definition) is 2. The first-order valence-electron chi connectivity index (χ1n) is 8.53. The normalized spacial score (nSPS) is 12.2. The van der Waals surface area contributed by atoms with Crippen LogP contribution in [0.5, 0.6) is 0 Å². The number of hydrogen-bond acceptors (Lipinski definition) is 7. The Morgan fingerprint density at radius 3 is 2.45 bits per heavy atom. The molecule has 2 aromatic carbocycles. The predicted octanol–water partition coefficient (Wildman–Crippen LogP) is 2.29. The van der Waals surface area contributed by atoms with Gasteiger partial charge in [-0.15, -0.1) is 11.8 Å². The molecule has 2 rings (SSSR count). The molecule has 156 valence electrons. The molecular formula is C18H22N4O5S2. The molecular weight excluding hydrogens is 416 g/mol. The number of nitrogens with zero attached hydrogens (tertiary/aromatic N) is 2. The molecule has 0 fully saturated rings. The first-order chi connectivity index (χ1) is 13.6. The van der Waals surface area contributed by atoms with Gasteiger partial charge in [-0.25, -0.2) is 13.6 Å². The number of amides is 1. The molecule has 0 bridgehead atoms. The Morgan fingerprint density at radius 2 is 1.90 bits per heavy atom. The zero-order chi connectivity index (χ0) is 21.6. The SMILES string of the molecule is CN(C)C(=O)C[C@@H](CSc1ccccc1)Nc1ccc(S(N)(=O)=O)cc1[N+](=O)[O-]. The number of primary sulfonamides is 1. The van der Waals surface area contributed by atoms with Crippen LogP contribution >= 0.6 is 11.8 Å². The average molecular weight is 439 g/mol. The molecule has 9 nitrogen and oxygen atoms in total. The third kappa shape index (κ3) is 6.73. The topological polar surface area (TPSA) is 136 Å².